The number of hydrogen-bond donors (Lipinski definition) is 0. The zero-order valence-corrected chi connectivity index (χ0v) is 8.02. The maximum absolute atomic E-state index is 2.48. The van der Waals surface area contributed by atoms with Crippen molar-refractivity contribution in [3.8, 4) is 0 Å². The molecule has 0 heterocycles. The average molecular weight is 236 g/mol. The third-order valence-corrected chi connectivity index (χ3v) is 3.21. The molecule has 0 aliphatic heterocycles. The first-order valence-electron chi connectivity index (χ1n) is 3.54. The minimum absolute atomic E-state index is 0.981. The van der Waals surface area contributed by atoms with Gasteiger partial charge in [-0.3, -0.25) is 0 Å². The molecule has 0 nitrogen and oxygen atoms in total. The van der Waals surface area contributed by atoms with E-state index in [2.05, 4.69) is 35.6 Å². The Morgan fingerprint density at radius 3 is 3.00 bits per heavy atom. The standard InChI is InChI=1S/C8H13I/c1-7-2-4-8(6-9)5-3-7/h2,8H,3-6H2,1H3. The fraction of sp³-hybridized carbons (Fsp3) is 0.750. The molecule has 1 atom stereocenters. The van der Waals surface area contributed by atoms with Crippen LogP contribution in [0.15, 0.2) is 11.6 Å². The third kappa shape index (κ3) is 2.28. The van der Waals surface area contributed by atoms with Gasteiger partial charge in [0.05, 0.1) is 0 Å². The van der Waals surface area contributed by atoms with Crippen molar-refractivity contribution in [1.82, 2.24) is 0 Å². The van der Waals surface area contributed by atoms with Crippen molar-refractivity contribution in [1.29, 1.82) is 0 Å². The second-order valence-corrected chi connectivity index (χ2v) is 3.73. The van der Waals surface area contributed by atoms with Gasteiger partial charge in [0.1, 0.15) is 0 Å². The monoisotopic (exact) mass is 236 g/mol. The second-order valence-electron chi connectivity index (χ2n) is 2.85. The lowest BCUT2D eigenvalue weighted by Gasteiger charge is -2.17. The zero-order valence-electron chi connectivity index (χ0n) is 5.86. The number of alkyl halides is 1. The predicted molar refractivity (Wildman–Crippen MR) is 50.0 cm³/mol. The molecule has 0 N–H and O–H groups in total. The first-order chi connectivity index (χ1) is 4.33. The van der Waals surface area contributed by atoms with E-state index in [-0.39, 0.29) is 0 Å². The van der Waals surface area contributed by atoms with Crippen LogP contribution >= 0.6 is 22.6 Å². The maximum atomic E-state index is 2.48. The first kappa shape index (κ1) is 7.58. The topological polar surface area (TPSA) is 0 Å². The van der Waals surface area contributed by atoms with Gasteiger partial charge < -0.3 is 0 Å². The van der Waals surface area contributed by atoms with E-state index in [0.29, 0.717) is 0 Å². The fourth-order valence-corrected chi connectivity index (χ4v) is 1.96. The van der Waals surface area contributed by atoms with Crippen molar-refractivity contribution in [3.05, 3.63) is 11.6 Å². The summed E-state index contributed by atoms with van der Waals surface area (Å²) in [6.45, 7) is 2.24. The minimum Gasteiger partial charge on any atom is -0.0861 e. The van der Waals surface area contributed by atoms with Gasteiger partial charge >= 0.3 is 0 Å². The van der Waals surface area contributed by atoms with E-state index in [0.717, 1.165) is 5.92 Å². The number of halogens is 1. The van der Waals surface area contributed by atoms with Crippen LogP contribution in [0, 0.1) is 5.92 Å². The number of hydrogen-bond acceptors (Lipinski definition) is 0. The van der Waals surface area contributed by atoms with Crippen molar-refractivity contribution < 1.29 is 0 Å². The van der Waals surface area contributed by atoms with Gasteiger partial charge in [0, 0.05) is 4.43 Å². The zero-order chi connectivity index (χ0) is 6.69. The normalized spacial score (nSPS) is 27.8. The third-order valence-electron chi connectivity index (χ3n) is 1.96. The summed E-state index contributed by atoms with van der Waals surface area (Å²) in [6, 6.07) is 0. The van der Waals surface area contributed by atoms with Crippen molar-refractivity contribution in [2.75, 3.05) is 4.43 Å². The molecule has 0 bridgehead atoms. The van der Waals surface area contributed by atoms with Gasteiger partial charge in [-0.2, -0.15) is 0 Å². The molecule has 1 aliphatic carbocycles. The SMILES string of the molecule is CC1=CCC(CI)CC1. The highest BCUT2D eigenvalue weighted by Crippen LogP contribution is 2.24. The van der Waals surface area contributed by atoms with E-state index in [1.807, 2.05) is 0 Å². The molecule has 1 rings (SSSR count). The highest BCUT2D eigenvalue weighted by Gasteiger charge is 2.09. The molecule has 0 aromatic heterocycles. The van der Waals surface area contributed by atoms with Gasteiger partial charge in [-0.15, -0.1) is 0 Å². The Hall–Kier alpha value is 0.470. The van der Waals surface area contributed by atoms with Gasteiger partial charge in [0.25, 0.3) is 0 Å². The highest BCUT2D eigenvalue weighted by atomic mass is 127. The molecule has 1 aliphatic rings. The molecular weight excluding hydrogens is 223 g/mol. The molecule has 0 amide bonds. The van der Waals surface area contributed by atoms with Gasteiger partial charge in [0.15, 0.2) is 0 Å². The van der Waals surface area contributed by atoms with Crippen molar-refractivity contribution in [2.24, 2.45) is 5.92 Å². The van der Waals surface area contributed by atoms with Crippen LogP contribution < -0.4 is 0 Å². The molecule has 0 saturated heterocycles. The van der Waals surface area contributed by atoms with Gasteiger partial charge in [-0.25, -0.2) is 0 Å². The van der Waals surface area contributed by atoms with Crippen molar-refractivity contribution >= 4 is 22.6 Å². The molecule has 52 valence electrons. The smallest absolute Gasteiger partial charge is 0.00267 e. The summed E-state index contributed by atoms with van der Waals surface area (Å²) in [5, 5.41) is 0. The Bertz CT molecular complexity index is 116. The minimum atomic E-state index is 0.981. The van der Waals surface area contributed by atoms with Crippen LogP contribution in [0.5, 0.6) is 0 Å². The van der Waals surface area contributed by atoms with E-state index in [1.165, 1.54) is 23.7 Å². The molecule has 1 unspecified atom stereocenters. The largest absolute Gasteiger partial charge is 0.0861 e. The molecular formula is C8H13I. The van der Waals surface area contributed by atoms with Crippen LogP contribution in [0.25, 0.3) is 0 Å². The van der Waals surface area contributed by atoms with Gasteiger partial charge in [0.2, 0.25) is 0 Å². The summed E-state index contributed by atoms with van der Waals surface area (Å²) in [7, 11) is 0. The summed E-state index contributed by atoms with van der Waals surface area (Å²) >= 11 is 2.48. The van der Waals surface area contributed by atoms with Crippen LogP contribution in [-0.2, 0) is 0 Å². The van der Waals surface area contributed by atoms with Crippen LogP contribution in [0.4, 0.5) is 0 Å². The quantitative estimate of drug-likeness (QED) is 0.372. The molecule has 0 aromatic rings. The molecule has 9 heavy (non-hydrogen) atoms. The van der Waals surface area contributed by atoms with Crippen LogP contribution in [0.1, 0.15) is 26.2 Å². The molecule has 0 aromatic carbocycles. The predicted octanol–water partition coefficient (Wildman–Crippen LogP) is 3.17. The second kappa shape index (κ2) is 3.59. The van der Waals surface area contributed by atoms with Crippen LogP contribution in [0.2, 0.25) is 0 Å². The summed E-state index contributed by atoms with van der Waals surface area (Å²) in [4.78, 5) is 0. The molecule has 0 radical (unpaired) electrons. The first-order valence-corrected chi connectivity index (χ1v) is 5.07. The van der Waals surface area contributed by atoms with Gasteiger partial charge in [-0.05, 0) is 32.1 Å². The lowest BCUT2D eigenvalue weighted by molar-refractivity contribution is 0.529. The molecule has 0 saturated carbocycles. The molecule has 1 heteroatoms. The summed E-state index contributed by atoms with van der Waals surface area (Å²) < 4.78 is 1.33. The van der Waals surface area contributed by atoms with Crippen LogP contribution in [0.3, 0.4) is 0 Å². The van der Waals surface area contributed by atoms with E-state index < -0.39 is 0 Å². The van der Waals surface area contributed by atoms with Crippen molar-refractivity contribution in [3.63, 3.8) is 0 Å². The number of allylic oxidation sites excluding steroid dienone is 2. The Balaban J connectivity index is 2.36. The average Bonchev–Trinajstić information content (AvgIpc) is 1.90. The van der Waals surface area contributed by atoms with E-state index in [4.69, 9.17) is 0 Å². The fourth-order valence-electron chi connectivity index (χ4n) is 1.16. The Morgan fingerprint density at radius 2 is 2.56 bits per heavy atom. The van der Waals surface area contributed by atoms with Crippen molar-refractivity contribution in [2.45, 2.75) is 26.2 Å². The summed E-state index contributed by atoms with van der Waals surface area (Å²) in [5.74, 6) is 0.981. The Labute approximate surface area is 70.9 Å². The Morgan fingerprint density at radius 1 is 1.78 bits per heavy atom. The highest BCUT2D eigenvalue weighted by molar-refractivity contribution is 14.1. The van der Waals surface area contributed by atoms with E-state index in [1.54, 1.807) is 5.57 Å². The van der Waals surface area contributed by atoms with E-state index in [9.17, 15) is 0 Å². The summed E-state index contributed by atoms with van der Waals surface area (Å²) in [6.07, 6.45) is 6.49. The maximum Gasteiger partial charge on any atom is 0.00267 e. The lowest BCUT2D eigenvalue weighted by atomic mass is 9.92. The van der Waals surface area contributed by atoms with E-state index >= 15 is 0 Å². The summed E-state index contributed by atoms with van der Waals surface area (Å²) in [5.41, 5.74) is 1.59. The van der Waals surface area contributed by atoms with Crippen LogP contribution in [-0.4, -0.2) is 4.43 Å². The molecule has 0 fully saturated rings. The Kier molecular flexibility index (Phi) is 3.02. The molecule has 0 spiro atoms. The number of rotatable bonds is 1. The van der Waals surface area contributed by atoms with Gasteiger partial charge in [-0.1, -0.05) is 34.2 Å². The lowest BCUT2D eigenvalue weighted by Crippen LogP contribution is -2.05.